The summed E-state index contributed by atoms with van der Waals surface area (Å²) in [7, 11) is -1.16. The molecule has 0 unspecified atom stereocenters. The first-order valence-electron chi connectivity index (χ1n) is 3.93. The topological polar surface area (TPSA) is 0 Å². The molecule has 1 aliphatic carbocycles. The highest BCUT2D eigenvalue weighted by molar-refractivity contribution is 6.83. The van der Waals surface area contributed by atoms with Crippen molar-refractivity contribution >= 4 is 8.07 Å². The predicted octanol–water partition coefficient (Wildman–Crippen LogP) is 2.83. The summed E-state index contributed by atoms with van der Waals surface area (Å²) in [5.74, 6) is 1.32. The molecule has 0 heterocycles. The Kier molecular flexibility index (Phi) is 2.58. The van der Waals surface area contributed by atoms with E-state index in [-0.39, 0.29) is 0 Å². The van der Waals surface area contributed by atoms with Crippen LogP contribution >= 0.6 is 0 Å². The molecule has 59 valence electrons. The SMILES string of the molecule is C=C([C]1[CH][CH][CH][CH]1)[Si](C)(C)C. The van der Waals surface area contributed by atoms with Gasteiger partial charge in [-0.2, -0.15) is 0 Å². The van der Waals surface area contributed by atoms with Gasteiger partial charge in [0.1, 0.15) is 0 Å². The Balaban J connectivity index is 2.53. The molecular weight excluding hydrogens is 148 g/mol. The van der Waals surface area contributed by atoms with Crippen molar-refractivity contribution in [2.24, 2.45) is 0 Å². The van der Waals surface area contributed by atoms with E-state index in [9.17, 15) is 0 Å². The van der Waals surface area contributed by atoms with Crippen LogP contribution < -0.4 is 0 Å². The molecule has 0 spiro atoms. The first-order valence-corrected chi connectivity index (χ1v) is 7.43. The fraction of sp³-hybridized carbons (Fsp3) is 0.300. The average Bonchev–Trinajstić information content (AvgIpc) is 2.34. The highest BCUT2D eigenvalue weighted by Crippen LogP contribution is 2.33. The lowest BCUT2D eigenvalue weighted by Crippen LogP contribution is -2.26. The molecule has 0 aromatic carbocycles. The van der Waals surface area contributed by atoms with Crippen LogP contribution in [0, 0.1) is 31.6 Å². The lowest BCUT2D eigenvalue weighted by Gasteiger charge is -2.23. The monoisotopic (exact) mass is 163 g/mol. The van der Waals surface area contributed by atoms with E-state index >= 15 is 0 Å². The van der Waals surface area contributed by atoms with Gasteiger partial charge in [-0.1, -0.05) is 24.8 Å². The van der Waals surface area contributed by atoms with Crippen LogP contribution in [0.2, 0.25) is 19.6 Å². The average molecular weight is 163 g/mol. The van der Waals surface area contributed by atoms with Crippen LogP contribution in [-0.4, -0.2) is 8.07 Å². The van der Waals surface area contributed by atoms with E-state index in [1.807, 2.05) is 0 Å². The van der Waals surface area contributed by atoms with Gasteiger partial charge in [0.2, 0.25) is 0 Å². The summed E-state index contributed by atoms with van der Waals surface area (Å²) in [6.45, 7) is 11.1. The number of allylic oxidation sites excluding steroid dienone is 1. The molecule has 0 aromatic rings. The molecule has 0 aromatic heterocycles. The highest BCUT2D eigenvalue weighted by atomic mass is 28.3. The second-order valence-electron chi connectivity index (χ2n) is 3.90. The standard InChI is InChI=1S/C10H15Si/c1-9(11(2,3)4)10-7-5-6-8-10/h5-8H,1H2,2-4H3. The maximum atomic E-state index is 4.13. The molecule has 1 rings (SSSR count). The van der Waals surface area contributed by atoms with E-state index in [2.05, 4.69) is 51.9 Å². The molecule has 0 bridgehead atoms. The minimum atomic E-state index is -1.16. The Morgan fingerprint density at radius 2 is 1.64 bits per heavy atom. The Hall–Kier alpha value is -0.0431. The zero-order valence-corrected chi connectivity index (χ0v) is 8.52. The molecule has 0 amide bonds. The van der Waals surface area contributed by atoms with Crippen LogP contribution in [0.3, 0.4) is 0 Å². The van der Waals surface area contributed by atoms with Gasteiger partial charge >= 0.3 is 0 Å². The van der Waals surface area contributed by atoms with Gasteiger partial charge in [-0.05, 0) is 25.7 Å². The van der Waals surface area contributed by atoms with Crippen molar-refractivity contribution in [3.8, 4) is 0 Å². The normalized spacial score (nSPS) is 20.6. The summed E-state index contributed by atoms with van der Waals surface area (Å²) < 4.78 is 0. The van der Waals surface area contributed by atoms with Gasteiger partial charge in [0.15, 0.2) is 0 Å². The van der Waals surface area contributed by atoms with Crippen molar-refractivity contribution in [1.29, 1.82) is 0 Å². The third-order valence-corrected chi connectivity index (χ3v) is 4.02. The van der Waals surface area contributed by atoms with Crippen molar-refractivity contribution in [3.05, 3.63) is 43.4 Å². The molecular formula is C10H15Si. The van der Waals surface area contributed by atoms with Crippen LogP contribution in [-0.2, 0) is 0 Å². The minimum Gasteiger partial charge on any atom is -0.103 e. The zero-order valence-electron chi connectivity index (χ0n) is 7.52. The molecule has 1 saturated carbocycles. The Labute approximate surface area is 71.7 Å². The largest absolute Gasteiger partial charge is 0.103 e. The molecule has 0 nitrogen and oxygen atoms in total. The van der Waals surface area contributed by atoms with Crippen molar-refractivity contribution in [3.63, 3.8) is 0 Å². The van der Waals surface area contributed by atoms with Crippen molar-refractivity contribution < 1.29 is 0 Å². The maximum Gasteiger partial charge on any atom is 0.0724 e. The zero-order chi connectivity index (χ0) is 8.48. The maximum absolute atomic E-state index is 4.13. The molecule has 0 atom stereocenters. The molecule has 0 aliphatic heterocycles. The lowest BCUT2D eigenvalue weighted by molar-refractivity contribution is 1.32. The third kappa shape index (κ3) is 2.19. The summed E-state index contributed by atoms with van der Waals surface area (Å²) in [6, 6.07) is 0. The first-order chi connectivity index (χ1) is 5.02. The number of hydrogen-bond donors (Lipinski definition) is 0. The third-order valence-electron chi connectivity index (χ3n) is 1.92. The molecule has 11 heavy (non-hydrogen) atoms. The van der Waals surface area contributed by atoms with Crippen molar-refractivity contribution in [2.75, 3.05) is 0 Å². The Morgan fingerprint density at radius 3 is 2.00 bits per heavy atom. The Bertz CT molecular complexity index is 147. The summed E-state index contributed by atoms with van der Waals surface area (Å²) in [5, 5.41) is 1.35. The molecule has 5 radical (unpaired) electrons. The van der Waals surface area contributed by atoms with Crippen molar-refractivity contribution in [1.82, 2.24) is 0 Å². The van der Waals surface area contributed by atoms with Gasteiger partial charge in [0.05, 0.1) is 8.07 Å². The molecule has 0 N–H and O–H groups in total. The van der Waals surface area contributed by atoms with E-state index in [1.165, 1.54) is 11.1 Å². The second-order valence-corrected chi connectivity index (χ2v) is 9.01. The quantitative estimate of drug-likeness (QED) is 0.549. The number of hydrogen-bond acceptors (Lipinski definition) is 0. The van der Waals surface area contributed by atoms with Crippen LogP contribution in [0.15, 0.2) is 11.8 Å². The van der Waals surface area contributed by atoms with Gasteiger partial charge in [-0.3, -0.25) is 0 Å². The summed E-state index contributed by atoms with van der Waals surface area (Å²) in [5.41, 5.74) is 0. The lowest BCUT2D eigenvalue weighted by atomic mass is 10.1. The minimum absolute atomic E-state index is 1.16. The van der Waals surface area contributed by atoms with Crippen LogP contribution in [0.4, 0.5) is 0 Å². The van der Waals surface area contributed by atoms with E-state index < -0.39 is 8.07 Å². The summed E-state index contributed by atoms with van der Waals surface area (Å²) >= 11 is 0. The van der Waals surface area contributed by atoms with Crippen LogP contribution in [0.25, 0.3) is 0 Å². The molecule has 0 saturated heterocycles. The Morgan fingerprint density at radius 1 is 1.18 bits per heavy atom. The van der Waals surface area contributed by atoms with Crippen LogP contribution in [0.1, 0.15) is 0 Å². The second kappa shape index (κ2) is 3.14. The molecule has 1 aliphatic rings. The molecule has 1 heteroatoms. The van der Waals surface area contributed by atoms with Gasteiger partial charge in [-0.15, -0.1) is 6.58 Å². The van der Waals surface area contributed by atoms with Crippen molar-refractivity contribution in [2.45, 2.75) is 19.6 Å². The van der Waals surface area contributed by atoms with E-state index in [4.69, 9.17) is 0 Å². The highest BCUT2D eigenvalue weighted by Gasteiger charge is 2.28. The summed E-state index contributed by atoms with van der Waals surface area (Å²) in [6.07, 6.45) is 8.42. The summed E-state index contributed by atoms with van der Waals surface area (Å²) in [4.78, 5) is 0. The van der Waals surface area contributed by atoms with E-state index in [0.717, 1.165) is 0 Å². The fourth-order valence-electron chi connectivity index (χ4n) is 1.01. The molecule has 1 fully saturated rings. The first kappa shape index (κ1) is 9.05. The predicted molar refractivity (Wildman–Crippen MR) is 52.9 cm³/mol. The van der Waals surface area contributed by atoms with Gasteiger partial charge in [0.25, 0.3) is 0 Å². The van der Waals surface area contributed by atoms with E-state index in [0.29, 0.717) is 0 Å². The van der Waals surface area contributed by atoms with Gasteiger partial charge in [0, 0.05) is 5.92 Å². The van der Waals surface area contributed by atoms with Gasteiger partial charge in [-0.25, -0.2) is 0 Å². The van der Waals surface area contributed by atoms with Gasteiger partial charge < -0.3 is 0 Å². The van der Waals surface area contributed by atoms with E-state index in [1.54, 1.807) is 0 Å². The fourth-order valence-corrected chi connectivity index (χ4v) is 2.04. The van der Waals surface area contributed by atoms with Crippen LogP contribution in [0.5, 0.6) is 0 Å². The smallest absolute Gasteiger partial charge is 0.0724 e. The number of rotatable bonds is 2.